The second-order valence-corrected chi connectivity index (χ2v) is 21.7. The van der Waals surface area contributed by atoms with Gasteiger partial charge in [-0.2, -0.15) is 0 Å². The number of carbonyl (C=O) groups excluding carboxylic acids is 3. The Balaban J connectivity index is 0.798. The molecule has 1 aromatic heterocycles. The highest BCUT2D eigenvalue weighted by atomic mass is 32.1. The second-order valence-electron chi connectivity index (χ2n) is 20.8. The first kappa shape index (κ1) is 54.5. The Bertz CT molecular complexity index is 2220. The Morgan fingerprint density at radius 3 is 2.13 bits per heavy atom. The highest BCUT2D eigenvalue weighted by Crippen LogP contribution is 2.30. The van der Waals surface area contributed by atoms with Crippen molar-refractivity contribution in [2.45, 2.75) is 136 Å². The molecule has 3 amide bonds. The monoisotopic (exact) mass is 978 g/mol. The zero-order chi connectivity index (χ0) is 50.0. The Hall–Kier alpha value is -4.86. The summed E-state index contributed by atoms with van der Waals surface area (Å²) in [4.78, 5) is 55.2. The van der Waals surface area contributed by atoms with Crippen LogP contribution >= 0.6 is 11.3 Å². The molecule has 0 aliphatic carbocycles. The second kappa shape index (κ2) is 27.1. The van der Waals surface area contributed by atoms with Gasteiger partial charge in [0.2, 0.25) is 17.7 Å². The number of hydrogen-bond donors (Lipinski definition) is 5. The number of unbranched alkanes of at least 4 members (excludes halogenated alkanes) is 6. The minimum Gasteiger partial charge on any atom is -0.391 e. The SMILES string of the molecule is Cc1ncsc1-c1ccc(C(C)NC(=O)[C@@H]2C[C@@H](O)CN2C(=O)C(NC(=O)CCCCCCCCCN2CCN(c3ccc(CNCCCNCc4ccccc4N(C)C)cc3)CC2)C(C)(C)C)cc1. The number of aryl methyl sites for hydroxylation is 1. The smallest absolute Gasteiger partial charge is 0.246 e. The number of likely N-dealkylation sites (tertiary alicyclic amines) is 1. The summed E-state index contributed by atoms with van der Waals surface area (Å²) < 4.78 is 0. The van der Waals surface area contributed by atoms with Gasteiger partial charge in [0.05, 0.1) is 28.2 Å². The van der Waals surface area contributed by atoms with E-state index in [0.717, 1.165) is 113 Å². The van der Waals surface area contributed by atoms with Gasteiger partial charge in [-0.15, -0.1) is 11.3 Å². The van der Waals surface area contributed by atoms with Gasteiger partial charge >= 0.3 is 0 Å². The van der Waals surface area contributed by atoms with Crippen molar-refractivity contribution in [2.75, 3.05) is 76.3 Å². The Labute approximate surface area is 423 Å². The van der Waals surface area contributed by atoms with E-state index in [-0.39, 0.29) is 36.7 Å². The minimum atomic E-state index is -0.827. The van der Waals surface area contributed by atoms with Crippen molar-refractivity contribution in [3.63, 3.8) is 0 Å². The number of anilines is 2. The van der Waals surface area contributed by atoms with E-state index in [0.29, 0.717) is 6.42 Å². The summed E-state index contributed by atoms with van der Waals surface area (Å²) in [5.74, 6) is -0.801. The number of aliphatic hydroxyl groups is 1. The van der Waals surface area contributed by atoms with E-state index in [1.807, 2.05) is 64.4 Å². The molecule has 0 radical (unpaired) electrons. The number of rotatable bonds is 26. The number of nitrogens with one attached hydrogen (secondary N) is 4. The molecular formula is C56H83N9O4S. The molecule has 2 unspecified atom stereocenters. The standard InChI is InChI=1S/C56H83N9O4S/c1-41(44-23-25-45(26-24-44)52-42(2)59-40-70-52)60-54(68)50-36-48(66)39-65(50)55(69)53(56(3,4)5)61-51(67)20-13-11-9-8-10-12-16-31-63-32-34-64(35-33-63)47-27-21-43(22-28-47)37-57-29-17-30-58-38-46-18-14-15-19-49(46)62(6)7/h14-15,18-19,21-28,40-41,48,50,53,57-58,66H,8-13,16-17,20,29-39H2,1-7H3,(H,60,68)(H,61,67)/t41?,48-,50+,53?/m1/s1. The van der Waals surface area contributed by atoms with Gasteiger partial charge in [0.15, 0.2) is 0 Å². The zero-order valence-corrected chi connectivity index (χ0v) is 44.1. The molecule has 2 aliphatic rings. The third-order valence-corrected chi connectivity index (χ3v) is 14.9. The van der Waals surface area contributed by atoms with Crippen LogP contribution in [0.3, 0.4) is 0 Å². The van der Waals surface area contributed by atoms with Crippen molar-refractivity contribution in [1.82, 2.24) is 36.1 Å². The lowest BCUT2D eigenvalue weighted by molar-refractivity contribution is -0.144. The number of hydrogen-bond acceptors (Lipinski definition) is 11. The Morgan fingerprint density at radius 2 is 1.47 bits per heavy atom. The van der Waals surface area contributed by atoms with E-state index in [9.17, 15) is 19.5 Å². The van der Waals surface area contributed by atoms with Crippen LogP contribution in [0.5, 0.6) is 0 Å². The van der Waals surface area contributed by atoms with E-state index in [2.05, 4.69) is 104 Å². The molecule has 14 heteroatoms. The summed E-state index contributed by atoms with van der Waals surface area (Å²) in [6, 6.07) is 23.8. The van der Waals surface area contributed by atoms with Gasteiger partial charge in [-0.05, 0) is 98.6 Å². The van der Waals surface area contributed by atoms with Gasteiger partial charge in [0.25, 0.3) is 0 Å². The molecule has 0 saturated carbocycles. The van der Waals surface area contributed by atoms with Crippen molar-refractivity contribution in [3.8, 4) is 10.4 Å². The molecule has 3 heterocycles. The van der Waals surface area contributed by atoms with Gasteiger partial charge in [-0.3, -0.25) is 19.3 Å². The van der Waals surface area contributed by atoms with Crippen LogP contribution in [0.25, 0.3) is 10.4 Å². The van der Waals surface area contributed by atoms with Gasteiger partial charge in [-0.25, -0.2) is 4.98 Å². The first-order chi connectivity index (χ1) is 33.7. The number of thiazole rings is 1. The number of nitrogens with zero attached hydrogens (tertiary/aromatic N) is 5. The molecule has 5 N–H and O–H groups in total. The molecule has 4 aromatic rings. The summed E-state index contributed by atoms with van der Waals surface area (Å²) in [5.41, 5.74) is 9.48. The Morgan fingerprint density at radius 1 is 0.814 bits per heavy atom. The first-order valence-electron chi connectivity index (χ1n) is 26.0. The summed E-state index contributed by atoms with van der Waals surface area (Å²) >= 11 is 1.60. The lowest BCUT2D eigenvalue weighted by atomic mass is 9.85. The fourth-order valence-electron chi connectivity index (χ4n) is 9.70. The van der Waals surface area contributed by atoms with Crippen LogP contribution in [-0.4, -0.2) is 122 Å². The lowest BCUT2D eigenvalue weighted by Gasteiger charge is -2.36. The van der Waals surface area contributed by atoms with Gasteiger partial charge in [0, 0.05) is 84.1 Å². The number of para-hydroxylation sites is 1. The van der Waals surface area contributed by atoms with Crippen LogP contribution in [-0.2, 0) is 27.5 Å². The molecule has 2 saturated heterocycles. The third-order valence-electron chi connectivity index (χ3n) is 13.9. The molecule has 6 rings (SSSR count). The van der Waals surface area contributed by atoms with Crippen molar-refractivity contribution < 1.29 is 19.5 Å². The van der Waals surface area contributed by atoms with Crippen LogP contribution in [0, 0.1) is 12.3 Å². The molecule has 70 heavy (non-hydrogen) atoms. The fourth-order valence-corrected chi connectivity index (χ4v) is 10.5. The number of aliphatic hydroxyl groups excluding tert-OH is 1. The molecule has 13 nitrogen and oxygen atoms in total. The predicted molar refractivity (Wildman–Crippen MR) is 287 cm³/mol. The van der Waals surface area contributed by atoms with Crippen LogP contribution in [0.4, 0.5) is 11.4 Å². The quantitative estimate of drug-likeness (QED) is 0.0392. The highest BCUT2D eigenvalue weighted by Gasteiger charge is 2.44. The maximum Gasteiger partial charge on any atom is 0.246 e. The molecule has 2 fully saturated rings. The van der Waals surface area contributed by atoms with E-state index >= 15 is 0 Å². The van der Waals surface area contributed by atoms with E-state index < -0.39 is 23.6 Å². The average molecular weight is 978 g/mol. The molecule has 4 atom stereocenters. The van der Waals surface area contributed by atoms with E-state index in [1.54, 1.807) is 11.3 Å². The van der Waals surface area contributed by atoms with Crippen molar-refractivity contribution in [2.24, 2.45) is 5.41 Å². The van der Waals surface area contributed by atoms with Crippen LogP contribution in [0.2, 0.25) is 0 Å². The van der Waals surface area contributed by atoms with E-state index in [4.69, 9.17) is 0 Å². The highest BCUT2D eigenvalue weighted by molar-refractivity contribution is 7.13. The molecule has 0 bridgehead atoms. The number of piperazine rings is 1. The number of aromatic nitrogens is 1. The number of β-amino-alcohol motifs (C(OH)–C–C–N with tert-alkyl or cyclic N) is 1. The lowest BCUT2D eigenvalue weighted by Crippen LogP contribution is -2.57. The largest absolute Gasteiger partial charge is 0.391 e. The zero-order valence-electron chi connectivity index (χ0n) is 43.3. The summed E-state index contributed by atoms with van der Waals surface area (Å²) in [5, 5.41) is 24.0. The summed E-state index contributed by atoms with van der Waals surface area (Å²) in [7, 11) is 4.19. The topological polar surface area (TPSA) is 145 Å². The maximum atomic E-state index is 14.1. The normalized spacial score (nSPS) is 17.4. The third kappa shape index (κ3) is 16.3. The average Bonchev–Trinajstić information content (AvgIpc) is 3.97. The maximum absolute atomic E-state index is 14.1. The van der Waals surface area contributed by atoms with Crippen LogP contribution in [0.1, 0.15) is 120 Å². The summed E-state index contributed by atoms with van der Waals surface area (Å²) in [6.07, 6.45) is 8.39. The fraction of sp³-hybridized carbons (Fsp3) is 0.571. The molecule has 3 aromatic carbocycles. The van der Waals surface area contributed by atoms with Crippen molar-refractivity contribution >= 4 is 40.4 Å². The Kier molecular flexibility index (Phi) is 21.1. The molecular weight excluding hydrogens is 895 g/mol. The van der Waals surface area contributed by atoms with Crippen LogP contribution in [0.15, 0.2) is 78.3 Å². The predicted octanol–water partition coefficient (Wildman–Crippen LogP) is 8.07. The molecule has 382 valence electrons. The van der Waals surface area contributed by atoms with Gasteiger partial charge in [-0.1, -0.05) is 107 Å². The number of benzene rings is 3. The van der Waals surface area contributed by atoms with Crippen molar-refractivity contribution in [3.05, 3.63) is 101 Å². The van der Waals surface area contributed by atoms with Crippen LogP contribution < -0.4 is 31.1 Å². The van der Waals surface area contributed by atoms with Gasteiger partial charge in [0.1, 0.15) is 12.1 Å². The summed E-state index contributed by atoms with van der Waals surface area (Å²) in [6.45, 7) is 18.9. The first-order valence-corrected chi connectivity index (χ1v) is 26.9. The van der Waals surface area contributed by atoms with Crippen molar-refractivity contribution in [1.29, 1.82) is 0 Å². The molecule has 0 spiro atoms. The number of amides is 3. The molecule has 2 aliphatic heterocycles. The number of carbonyl (C=O) groups is 3. The minimum absolute atomic E-state index is 0.0514. The van der Waals surface area contributed by atoms with E-state index in [1.165, 1.54) is 46.7 Å². The van der Waals surface area contributed by atoms with Gasteiger partial charge < -0.3 is 41.1 Å².